The van der Waals surface area contributed by atoms with E-state index in [9.17, 15) is 4.79 Å². The fourth-order valence-electron chi connectivity index (χ4n) is 1.50. The van der Waals surface area contributed by atoms with E-state index < -0.39 is 5.91 Å². The van der Waals surface area contributed by atoms with Gasteiger partial charge >= 0.3 is 0 Å². The van der Waals surface area contributed by atoms with Crippen molar-refractivity contribution in [3.05, 3.63) is 51.6 Å². The van der Waals surface area contributed by atoms with E-state index in [1.165, 1.54) is 12.1 Å². The molecule has 0 fully saturated rings. The molecular weight excluding hydrogens is 285 g/mol. The highest BCUT2D eigenvalue weighted by Gasteiger charge is 2.14. The number of aromatic nitrogens is 1. The number of aryl methyl sites for hydroxylation is 1. The van der Waals surface area contributed by atoms with Crippen LogP contribution in [0.4, 0.5) is 11.5 Å². The van der Waals surface area contributed by atoms with E-state index in [1.807, 2.05) is 13.0 Å². The van der Waals surface area contributed by atoms with Gasteiger partial charge in [0.25, 0.3) is 5.91 Å². The van der Waals surface area contributed by atoms with E-state index in [1.54, 1.807) is 12.3 Å². The quantitative estimate of drug-likeness (QED) is 0.833. The van der Waals surface area contributed by atoms with Gasteiger partial charge in [-0.2, -0.15) is 0 Å². The maximum Gasteiger partial charge on any atom is 0.258 e. The first-order valence-corrected chi connectivity index (χ1v) is 6.21. The van der Waals surface area contributed by atoms with Crippen LogP contribution in [0.1, 0.15) is 15.9 Å². The molecule has 1 amide bonds. The second-order valence-electron chi connectivity index (χ2n) is 4.04. The number of halogens is 2. The summed E-state index contributed by atoms with van der Waals surface area (Å²) in [5.74, 6) is 0.0285. The first kappa shape index (κ1) is 13.6. The summed E-state index contributed by atoms with van der Waals surface area (Å²) >= 11 is 11.9. The summed E-state index contributed by atoms with van der Waals surface area (Å²) in [6.07, 6.45) is 1.66. The second-order valence-corrected chi connectivity index (χ2v) is 4.82. The van der Waals surface area contributed by atoms with Crippen LogP contribution in [0.2, 0.25) is 10.0 Å². The van der Waals surface area contributed by atoms with Gasteiger partial charge in [-0.15, -0.1) is 0 Å². The van der Waals surface area contributed by atoms with E-state index in [2.05, 4.69) is 10.3 Å². The molecule has 1 aromatic carbocycles. The van der Waals surface area contributed by atoms with Gasteiger partial charge in [-0.25, -0.2) is 4.98 Å². The topological polar surface area (TPSA) is 68.0 Å². The number of hydrogen-bond acceptors (Lipinski definition) is 3. The standard InChI is InChI=1S/C13H11Cl2N3O/c1-7-2-3-11(17-6-7)18-13(19)9-4-8(16)5-10(14)12(9)15/h2-6H,16H2,1H3,(H,17,18,19). The molecule has 6 heteroatoms. The lowest BCUT2D eigenvalue weighted by atomic mass is 10.2. The third-order valence-corrected chi connectivity index (χ3v) is 3.25. The van der Waals surface area contributed by atoms with E-state index in [-0.39, 0.29) is 15.6 Å². The van der Waals surface area contributed by atoms with Gasteiger partial charge in [0, 0.05) is 11.9 Å². The lowest BCUT2D eigenvalue weighted by molar-refractivity contribution is 0.102. The lowest BCUT2D eigenvalue weighted by Crippen LogP contribution is -2.14. The number of hydrogen-bond donors (Lipinski definition) is 2. The molecule has 1 heterocycles. The molecule has 0 aliphatic rings. The van der Waals surface area contributed by atoms with Crippen LogP contribution in [0.3, 0.4) is 0 Å². The Balaban J connectivity index is 2.27. The molecule has 0 aliphatic carbocycles. The van der Waals surface area contributed by atoms with Crippen molar-refractivity contribution in [2.75, 3.05) is 11.1 Å². The highest BCUT2D eigenvalue weighted by Crippen LogP contribution is 2.29. The summed E-state index contributed by atoms with van der Waals surface area (Å²) in [6.45, 7) is 1.91. The van der Waals surface area contributed by atoms with E-state index >= 15 is 0 Å². The van der Waals surface area contributed by atoms with Gasteiger partial charge < -0.3 is 11.1 Å². The Morgan fingerprint density at radius 2 is 2.05 bits per heavy atom. The second kappa shape index (κ2) is 5.47. The Hall–Kier alpha value is -1.78. The number of pyridine rings is 1. The molecule has 3 N–H and O–H groups in total. The number of carbonyl (C=O) groups is 1. The van der Waals surface area contributed by atoms with Crippen molar-refractivity contribution in [2.24, 2.45) is 0 Å². The molecule has 1 aromatic heterocycles. The zero-order valence-corrected chi connectivity index (χ0v) is 11.6. The number of nitrogen functional groups attached to an aromatic ring is 1. The van der Waals surface area contributed by atoms with Crippen molar-refractivity contribution >= 4 is 40.6 Å². The van der Waals surface area contributed by atoms with Crippen LogP contribution in [-0.4, -0.2) is 10.9 Å². The van der Waals surface area contributed by atoms with E-state index in [0.717, 1.165) is 5.56 Å². The average molecular weight is 296 g/mol. The van der Waals surface area contributed by atoms with Gasteiger partial charge in [0.15, 0.2) is 0 Å². The highest BCUT2D eigenvalue weighted by molar-refractivity contribution is 6.44. The monoisotopic (exact) mass is 295 g/mol. The van der Waals surface area contributed by atoms with Crippen molar-refractivity contribution in [2.45, 2.75) is 6.92 Å². The normalized spacial score (nSPS) is 10.3. The van der Waals surface area contributed by atoms with Crippen molar-refractivity contribution in [1.29, 1.82) is 0 Å². The molecule has 0 unspecified atom stereocenters. The maximum absolute atomic E-state index is 12.1. The minimum absolute atomic E-state index is 0.167. The average Bonchev–Trinajstić information content (AvgIpc) is 2.36. The molecule has 0 atom stereocenters. The zero-order chi connectivity index (χ0) is 14.0. The summed E-state index contributed by atoms with van der Waals surface area (Å²) in [6, 6.07) is 6.51. The predicted octanol–water partition coefficient (Wildman–Crippen LogP) is 3.53. The van der Waals surface area contributed by atoms with Crippen molar-refractivity contribution in [3.63, 3.8) is 0 Å². The van der Waals surface area contributed by atoms with Gasteiger partial charge in [-0.05, 0) is 30.7 Å². The number of amides is 1. The highest BCUT2D eigenvalue weighted by atomic mass is 35.5. The summed E-state index contributed by atoms with van der Waals surface area (Å²) in [7, 11) is 0. The van der Waals surface area contributed by atoms with Gasteiger partial charge in [-0.1, -0.05) is 29.3 Å². The lowest BCUT2D eigenvalue weighted by Gasteiger charge is -2.08. The molecule has 0 bridgehead atoms. The Bertz CT molecular complexity index is 627. The van der Waals surface area contributed by atoms with Gasteiger partial charge in [0.1, 0.15) is 5.82 Å². The smallest absolute Gasteiger partial charge is 0.258 e. The van der Waals surface area contributed by atoms with Crippen LogP contribution < -0.4 is 11.1 Å². The Labute approximate surface area is 120 Å². The minimum atomic E-state index is -0.407. The van der Waals surface area contributed by atoms with Crippen LogP contribution in [-0.2, 0) is 0 Å². The number of benzene rings is 1. The fraction of sp³-hybridized carbons (Fsp3) is 0.0769. The summed E-state index contributed by atoms with van der Waals surface area (Å²) in [5.41, 5.74) is 7.23. The van der Waals surface area contributed by atoms with Crippen LogP contribution in [0.15, 0.2) is 30.5 Å². The zero-order valence-electron chi connectivity index (χ0n) is 10.1. The third-order valence-electron chi connectivity index (χ3n) is 2.45. The van der Waals surface area contributed by atoms with E-state index in [4.69, 9.17) is 28.9 Å². The minimum Gasteiger partial charge on any atom is -0.399 e. The summed E-state index contributed by atoms with van der Waals surface area (Å²) < 4.78 is 0. The molecule has 2 rings (SSSR count). The van der Waals surface area contributed by atoms with E-state index in [0.29, 0.717) is 11.5 Å². The number of carbonyl (C=O) groups excluding carboxylic acids is 1. The summed E-state index contributed by atoms with van der Waals surface area (Å²) in [4.78, 5) is 16.2. The van der Waals surface area contributed by atoms with Gasteiger partial charge in [0.05, 0.1) is 15.6 Å². The number of rotatable bonds is 2. The van der Waals surface area contributed by atoms with Gasteiger partial charge in [0.2, 0.25) is 0 Å². The summed E-state index contributed by atoms with van der Waals surface area (Å²) in [5, 5.41) is 3.04. The molecule has 0 saturated carbocycles. The maximum atomic E-state index is 12.1. The van der Waals surface area contributed by atoms with Crippen LogP contribution in [0.25, 0.3) is 0 Å². The van der Waals surface area contributed by atoms with Crippen LogP contribution in [0, 0.1) is 6.92 Å². The molecule has 0 aliphatic heterocycles. The number of nitrogens with one attached hydrogen (secondary N) is 1. The molecule has 2 aromatic rings. The van der Waals surface area contributed by atoms with Crippen molar-refractivity contribution in [1.82, 2.24) is 4.98 Å². The van der Waals surface area contributed by atoms with Crippen molar-refractivity contribution in [3.8, 4) is 0 Å². The van der Waals surface area contributed by atoms with Crippen LogP contribution in [0.5, 0.6) is 0 Å². The molecule has 0 spiro atoms. The number of nitrogens with two attached hydrogens (primary N) is 1. The SMILES string of the molecule is Cc1ccc(NC(=O)c2cc(N)cc(Cl)c2Cl)nc1. The Morgan fingerprint density at radius 3 is 2.68 bits per heavy atom. The molecule has 4 nitrogen and oxygen atoms in total. The molecule has 19 heavy (non-hydrogen) atoms. The first-order valence-electron chi connectivity index (χ1n) is 5.46. The Morgan fingerprint density at radius 1 is 1.32 bits per heavy atom. The van der Waals surface area contributed by atoms with Gasteiger partial charge in [-0.3, -0.25) is 4.79 Å². The van der Waals surface area contributed by atoms with Crippen LogP contribution >= 0.6 is 23.2 Å². The first-order chi connectivity index (χ1) is 8.97. The number of anilines is 2. The van der Waals surface area contributed by atoms with Crippen molar-refractivity contribution < 1.29 is 4.79 Å². The molecule has 0 radical (unpaired) electrons. The molecule has 0 saturated heterocycles. The molecule has 98 valence electrons. The molecular formula is C13H11Cl2N3O. The fourth-order valence-corrected chi connectivity index (χ4v) is 1.92. The third kappa shape index (κ3) is 3.16. The largest absolute Gasteiger partial charge is 0.399 e. The predicted molar refractivity (Wildman–Crippen MR) is 77.8 cm³/mol. The Kier molecular flexibility index (Phi) is 3.93. The number of nitrogens with zero attached hydrogens (tertiary/aromatic N) is 1.